The van der Waals surface area contributed by atoms with Crippen LogP contribution < -0.4 is 4.74 Å². The van der Waals surface area contributed by atoms with E-state index in [0.717, 1.165) is 22.3 Å². The Bertz CT molecular complexity index is 649. The molecule has 0 saturated heterocycles. The number of aliphatic hydroxyl groups excluding tert-OH is 1. The number of nitrogens with zero attached hydrogens (tertiary/aromatic N) is 1. The van der Waals surface area contributed by atoms with Crippen molar-refractivity contribution < 1.29 is 14.9 Å². The van der Waals surface area contributed by atoms with E-state index in [2.05, 4.69) is 6.07 Å². The lowest BCUT2D eigenvalue weighted by molar-refractivity contribution is 0.123. The zero-order valence-corrected chi connectivity index (χ0v) is 14.2. The normalized spacial score (nSPS) is 12.4. The second-order valence-corrected chi connectivity index (χ2v) is 6.14. The highest BCUT2D eigenvalue weighted by molar-refractivity contribution is 5.41. The monoisotopic (exact) mass is 315 g/mol. The van der Waals surface area contributed by atoms with Crippen LogP contribution in [0.5, 0.6) is 11.5 Å². The first-order valence-electron chi connectivity index (χ1n) is 7.69. The van der Waals surface area contributed by atoms with Gasteiger partial charge in [0.15, 0.2) is 11.5 Å². The lowest BCUT2D eigenvalue weighted by Crippen LogP contribution is -2.24. The number of ether oxygens (including phenoxy) is 1. The first kappa shape index (κ1) is 17.3. The van der Waals surface area contributed by atoms with Crippen molar-refractivity contribution in [2.24, 2.45) is 0 Å². The molecule has 1 unspecified atom stereocenters. The summed E-state index contributed by atoms with van der Waals surface area (Å²) in [6.07, 6.45) is -0.530. The average Bonchev–Trinajstić information content (AvgIpc) is 2.48. The topological polar surface area (TPSA) is 52.9 Å². The SMILES string of the molecule is COc1cc(CN(C)CC(O)c2cc(C)cc(C)c2)ccc1O. The number of hydrogen-bond donors (Lipinski definition) is 2. The van der Waals surface area contributed by atoms with E-state index in [1.807, 2.05) is 50.1 Å². The molecular weight excluding hydrogens is 290 g/mol. The number of benzene rings is 2. The Hall–Kier alpha value is -2.04. The van der Waals surface area contributed by atoms with Crippen LogP contribution in [0.3, 0.4) is 0 Å². The average molecular weight is 315 g/mol. The van der Waals surface area contributed by atoms with E-state index in [1.165, 1.54) is 7.11 Å². The van der Waals surface area contributed by atoms with Gasteiger partial charge in [0, 0.05) is 13.1 Å². The summed E-state index contributed by atoms with van der Waals surface area (Å²) in [7, 11) is 3.50. The van der Waals surface area contributed by atoms with E-state index >= 15 is 0 Å². The van der Waals surface area contributed by atoms with Crippen molar-refractivity contribution in [1.29, 1.82) is 0 Å². The van der Waals surface area contributed by atoms with Gasteiger partial charge in [0.1, 0.15) is 0 Å². The summed E-state index contributed by atoms with van der Waals surface area (Å²) in [6, 6.07) is 11.4. The molecule has 1 atom stereocenters. The fourth-order valence-corrected chi connectivity index (χ4v) is 2.80. The van der Waals surface area contributed by atoms with Crippen LogP contribution in [-0.4, -0.2) is 35.8 Å². The summed E-state index contributed by atoms with van der Waals surface area (Å²) in [6.45, 7) is 5.27. The first-order chi connectivity index (χ1) is 10.9. The van der Waals surface area contributed by atoms with E-state index in [1.54, 1.807) is 6.07 Å². The van der Waals surface area contributed by atoms with E-state index in [9.17, 15) is 10.2 Å². The number of phenols is 1. The van der Waals surface area contributed by atoms with Gasteiger partial charge in [0.05, 0.1) is 13.2 Å². The maximum atomic E-state index is 10.5. The summed E-state index contributed by atoms with van der Waals surface area (Å²) < 4.78 is 5.13. The Labute approximate surface area is 138 Å². The van der Waals surface area contributed by atoms with Gasteiger partial charge in [-0.1, -0.05) is 35.4 Å². The molecule has 2 aromatic carbocycles. The first-order valence-corrected chi connectivity index (χ1v) is 7.69. The van der Waals surface area contributed by atoms with Gasteiger partial charge in [-0.2, -0.15) is 0 Å². The van der Waals surface area contributed by atoms with Gasteiger partial charge in [-0.05, 0) is 44.2 Å². The van der Waals surface area contributed by atoms with Gasteiger partial charge in [-0.3, -0.25) is 4.90 Å². The third-order valence-electron chi connectivity index (χ3n) is 3.81. The van der Waals surface area contributed by atoms with Crippen LogP contribution in [0.15, 0.2) is 36.4 Å². The number of aliphatic hydroxyl groups is 1. The van der Waals surface area contributed by atoms with E-state index < -0.39 is 6.10 Å². The molecule has 4 heteroatoms. The number of rotatable bonds is 6. The molecule has 0 bridgehead atoms. The third kappa shape index (κ3) is 4.71. The zero-order valence-electron chi connectivity index (χ0n) is 14.2. The minimum Gasteiger partial charge on any atom is -0.504 e. The molecule has 0 saturated carbocycles. The number of hydrogen-bond acceptors (Lipinski definition) is 4. The van der Waals surface area contributed by atoms with Crippen LogP contribution in [0, 0.1) is 13.8 Å². The van der Waals surface area contributed by atoms with Crippen molar-refractivity contribution >= 4 is 0 Å². The lowest BCUT2D eigenvalue weighted by atomic mass is 10.0. The minimum atomic E-state index is -0.530. The molecule has 2 rings (SSSR count). The van der Waals surface area contributed by atoms with Crippen molar-refractivity contribution in [3.05, 3.63) is 58.7 Å². The number of aryl methyl sites for hydroxylation is 2. The molecule has 0 radical (unpaired) electrons. The van der Waals surface area contributed by atoms with Crippen molar-refractivity contribution in [2.75, 3.05) is 20.7 Å². The Morgan fingerprint density at radius 3 is 2.35 bits per heavy atom. The molecule has 2 N–H and O–H groups in total. The molecule has 0 heterocycles. The number of phenolic OH excluding ortho intramolecular Hbond substituents is 1. The molecule has 2 aromatic rings. The van der Waals surface area contributed by atoms with Gasteiger partial charge in [0.25, 0.3) is 0 Å². The summed E-state index contributed by atoms with van der Waals surface area (Å²) in [4.78, 5) is 2.05. The second kappa shape index (κ2) is 7.49. The third-order valence-corrected chi connectivity index (χ3v) is 3.81. The molecule has 124 valence electrons. The standard InChI is InChI=1S/C19H25NO3/c1-13-7-14(2)9-16(8-13)18(22)12-20(3)11-15-5-6-17(21)19(10-15)23-4/h5-10,18,21-22H,11-12H2,1-4H3. The zero-order chi connectivity index (χ0) is 17.0. The molecule has 23 heavy (non-hydrogen) atoms. The Kier molecular flexibility index (Phi) is 5.64. The molecule has 0 aliphatic carbocycles. The maximum Gasteiger partial charge on any atom is 0.160 e. The van der Waals surface area contributed by atoms with Crippen LogP contribution in [0.25, 0.3) is 0 Å². The maximum absolute atomic E-state index is 10.5. The summed E-state index contributed by atoms with van der Waals surface area (Å²) in [5.41, 5.74) is 4.28. The smallest absolute Gasteiger partial charge is 0.160 e. The van der Waals surface area contributed by atoms with E-state index in [0.29, 0.717) is 18.8 Å². The van der Waals surface area contributed by atoms with Crippen LogP contribution in [0.4, 0.5) is 0 Å². The van der Waals surface area contributed by atoms with Gasteiger partial charge < -0.3 is 14.9 Å². The largest absolute Gasteiger partial charge is 0.504 e. The van der Waals surface area contributed by atoms with E-state index in [4.69, 9.17) is 4.74 Å². The number of likely N-dealkylation sites (N-methyl/N-ethyl adjacent to an activating group) is 1. The summed E-state index contributed by atoms with van der Waals surface area (Å²) in [5, 5.41) is 20.1. The molecule has 0 aromatic heterocycles. The summed E-state index contributed by atoms with van der Waals surface area (Å²) in [5.74, 6) is 0.597. The highest BCUT2D eigenvalue weighted by Gasteiger charge is 2.13. The highest BCUT2D eigenvalue weighted by Crippen LogP contribution is 2.27. The van der Waals surface area contributed by atoms with Gasteiger partial charge in [-0.25, -0.2) is 0 Å². The molecule has 0 aliphatic heterocycles. The number of aromatic hydroxyl groups is 1. The molecule has 0 fully saturated rings. The van der Waals surface area contributed by atoms with Crippen LogP contribution in [0.2, 0.25) is 0 Å². The van der Waals surface area contributed by atoms with Gasteiger partial charge >= 0.3 is 0 Å². The Balaban J connectivity index is 2.02. The highest BCUT2D eigenvalue weighted by atomic mass is 16.5. The van der Waals surface area contributed by atoms with Crippen molar-refractivity contribution in [3.63, 3.8) is 0 Å². The van der Waals surface area contributed by atoms with Crippen molar-refractivity contribution in [2.45, 2.75) is 26.5 Å². The predicted molar refractivity (Wildman–Crippen MR) is 91.9 cm³/mol. The van der Waals surface area contributed by atoms with Crippen molar-refractivity contribution in [3.8, 4) is 11.5 Å². The molecule has 0 spiro atoms. The van der Waals surface area contributed by atoms with Crippen LogP contribution >= 0.6 is 0 Å². The Morgan fingerprint density at radius 2 is 1.74 bits per heavy atom. The fraction of sp³-hybridized carbons (Fsp3) is 0.368. The quantitative estimate of drug-likeness (QED) is 0.859. The number of methoxy groups -OCH3 is 1. The molecular formula is C19H25NO3. The molecule has 0 aliphatic rings. The van der Waals surface area contributed by atoms with E-state index in [-0.39, 0.29) is 5.75 Å². The second-order valence-electron chi connectivity index (χ2n) is 6.14. The molecule has 4 nitrogen and oxygen atoms in total. The lowest BCUT2D eigenvalue weighted by Gasteiger charge is -2.22. The van der Waals surface area contributed by atoms with Crippen LogP contribution in [-0.2, 0) is 6.54 Å². The summed E-state index contributed by atoms with van der Waals surface area (Å²) >= 11 is 0. The van der Waals surface area contributed by atoms with Crippen LogP contribution in [0.1, 0.15) is 28.4 Å². The Morgan fingerprint density at radius 1 is 1.09 bits per heavy atom. The fourth-order valence-electron chi connectivity index (χ4n) is 2.80. The predicted octanol–water partition coefficient (Wildman–Crippen LogP) is 3.18. The van der Waals surface area contributed by atoms with Crippen molar-refractivity contribution in [1.82, 2.24) is 4.90 Å². The van der Waals surface area contributed by atoms with Gasteiger partial charge in [0.2, 0.25) is 0 Å². The van der Waals surface area contributed by atoms with Gasteiger partial charge in [-0.15, -0.1) is 0 Å². The minimum absolute atomic E-state index is 0.133. The molecule has 0 amide bonds.